The summed E-state index contributed by atoms with van der Waals surface area (Å²) < 4.78 is 1.43. The minimum atomic E-state index is -1.09. The van der Waals surface area contributed by atoms with Crippen LogP contribution in [-0.4, -0.2) is 42.6 Å². The number of nitrogens with zero attached hydrogens (tertiary/aromatic N) is 4. The minimum Gasteiger partial charge on any atom is -0.480 e. The molecule has 0 aliphatic rings. The first-order chi connectivity index (χ1) is 9.40. The Balaban J connectivity index is 2.27. The van der Waals surface area contributed by atoms with Gasteiger partial charge in [-0.15, -0.1) is 5.10 Å². The van der Waals surface area contributed by atoms with Crippen LogP contribution in [0.25, 0.3) is 5.78 Å². The van der Waals surface area contributed by atoms with Gasteiger partial charge in [0.2, 0.25) is 5.82 Å². The van der Waals surface area contributed by atoms with E-state index in [2.05, 4.69) is 20.4 Å². The molecule has 0 fully saturated rings. The van der Waals surface area contributed by atoms with E-state index in [-0.39, 0.29) is 11.7 Å². The van der Waals surface area contributed by atoms with Crippen LogP contribution in [-0.2, 0) is 4.79 Å². The lowest BCUT2D eigenvalue weighted by Crippen LogP contribution is -2.44. The second kappa shape index (κ2) is 5.24. The molecule has 2 aromatic rings. The maximum Gasteiger partial charge on any atom is 0.326 e. The van der Waals surface area contributed by atoms with Gasteiger partial charge in [0.05, 0.1) is 0 Å². The second-order valence-electron chi connectivity index (χ2n) is 4.77. The highest BCUT2D eigenvalue weighted by molar-refractivity contribution is 5.93. The zero-order valence-electron chi connectivity index (χ0n) is 11.4. The van der Waals surface area contributed by atoms with E-state index in [0.717, 1.165) is 5.69 Å². The Morgan fingerprint density at radius 3 is 2.65 bits per heavy atom. The van der Waals surface area contributed by atoms with Crippen LogP contribution in [0.2, 0.25) is 0 Å². The van der Waals surface area contributed by atoms with Crippen molar-refractivity contribution in [3.8, 4) is 0 Å². The maximum absolute atomic E-state index is 12.0. The number of hydrogen-bond acceptors (Lipinski definition) is 5. The Kier molecular flexibility index (Phi) is 3.64. The third kappa shape index (κ3) is 2.58. The summed E-state index contributed by atoms with van der Waals surface area (Å²) in [6, 6.07) is 0.750. The molecule has 1 atom stereocenters. The first-order valence-corrected chi connectivity index (χ1v) is 6.12. The standard InChI is InChI=1S/C12H15N5O3/c1-6(2)8(11(19)20)14-10(18)9-15-12-13-5-4-7(3)17(12)16-9/h4-6,8H,1-3H3,(H,14,18)(H,19,20)/t8-/m1/s1. The van der Waals surface area contributed by atoms with Crippen molar-refractivity contribution in [3.63, 3.8) is 0 Å². The Morgan fingerprint density at radius 1 is 1.40 bits per heavy atom. The number of aryl methyl sites for hydroxylation is 1. The number of fused-ring (bicyclic) bond motifs is 1. The molecule has 0 saturated heterocycles. The largest absolute Gasteiger partial charge is 0.480 e. The predicted molar refractivity (Wildman–Crippen MR) is 69.2 cm³/mol. The lowest BCUT2D eigenvalue weighted by Gasteiger charge is -2.16. The van der Waals surface area contributed by atoms with Crippen molar-refractivity contribution in [3.05, 3.63) is 23.8 Å². The quantitative estimate of drug-likeness (QED) is 0.830. The lowest BCUT2D eigenvalue weighted by molar-refractivity contribution is -0.140. The molecule has 0 aliphatic heterocycles. The lowest BCUT2D eigenvalue weighted by atomic mass is 10.1. The second-order valence-corrected chi connectivity index (χ2v) is 4.77. The van der Waals surface area contributed by atoms with Crippen LogP contribution in [0, 0.1) is 12.8 Å². The molecule has 0 aromatic carbocycles. The summed E-state index contributed by atoms with van der Waals surface area (Å²) in [6.07, 6.45) is 1.56. The number of carboxylic acid groups (broad SMARTS) is 1. The number of carbonyl (C=O) groups is 2. The summed E-state index contributed by atoms with van der Waals surface area (Å²) in [7, 11) is 0. The molecule has 0 spiro atoms. The molecular formula is C12H15N5O3. The van der Waals surface area contributed by atoms with E-state index in [9.17, 15) is 9.59 Å². The van der Waals surface area contributed by atoms with Crippen LogP contribution < -0.4 is 5.32 Å². The highest BCUT2D eigenvalue weighted by Crippen LogP contribution is 2.05. The average Bonchev–Trinajstić information content (AvgIpc) is 2.80. The van der Waals surface area contributed by atoms with Gasteiger partial charge in [-0.05, 0) is 18.9 Å². The number of amides is 1. The van der Waals surface area contributed by atoms with Crippen molar-refractivity contribution in [1.82, 2.24) is 24.9 Å². The molecule has 8 nitrogen and oxygen atoms in total. The zero-order valence-corrected chi connectivity index (χ0v) is 11.4. The minimum absolute atomic E-state index is 0.0984. The van der Waals surface area contributed by atoms with Gasteiger partial charge in [0.15, 0.2) is 0 Å². The molecule has 0 unspecified atom stereocenters. The zero-order chi connectivity index (χ0) is 14.9. The maximum atomic E-state index is 12.0. The average molecular weight is 277 g/mol. The fourth-order valence-corrected chi connectivity index (χ4v) is 1.72. The number of aromatic nitrogens is 4. The van der Waals surface area contributed by atoms with Gasteiger partial charge in [-0.25, -0.2) is 14.3 Å². The summed E-state index contributed by atoms with van der Waals surface area (Å²) in [5.41, 5.74) is 0.778. The molecule has 0 aliphatic carbocycles. The topological polar surface area (TPSA) is 109 Å². The number of rotatable bonds is 4. The van der Waals surface area contributed by atoms with Gasteiger partial charge >= 0.3 is 5.97 Å². The van der Waals surface area contributed by atoms with Crippen molar-refractivity contribution < 1.29 is 14.7 Å². The highest BCUT2D eigenvalue weighted by Gasteiger charge is 2.25. The fourth-order valence-electron chi connectivity index (χ4n) is 1.72. The van der Waals surface area contributed by atoms with Gasteiger partial charge in [0, 0.05) is 11.9 Å². The van der Waals surface area contributed by atoms with E-state index in [1.807, 2.05) is 0 Å². The third-order valence-corrected chi connectivity index (χ3v) is 2.85. The molecule has 2 N–H and O–H groups in total. The SMILES string of the molecule is Cc1ccnc2nc(C(=O)N[C@@H](C(=O)O)C(C)C)nn12. The number of hydrogen-bond donors (Lipinski definition) is 2. The molecule has 1 amide bonds. The van der Waals surface area contributed by atoms with E-state index in [4.69, 9.17) is 5.11 Å². The van der Waals surface area contributed by atoms with Crippen molar-refractivity contribution in [2.24, 2.45) is 5.92 Å². The normalized spacial score (nSPS) is 12.6. The van der Waals surface area contributed by atoms with Crippen LogP contribution in [0.3, 0.4) is 0 Å². The summed E-state index contributed by atoms with van der Waals surface area (Å²) in [6.45, 7) is 5.23. The summed E-state index contributed by atoms with van der Waals surface area (Å²) in [5.74, 6) is -1.76. The van der Waals surface area contributed by atoms with Gasteiger partial charge < -0.3 is 10.4 Å². The third-order valence-electron chi connectivity index (χ3n) is 2.85. The molecule has 2 heterocycles. The monoisotopic (exact) mass is 277 g/mol. The molecule has 2 rings (SSSR count). The molecule has 20 heavy (non-hydrogen) atoms. The molecule has 2 aromatic heterocycles. The molecule has 0 saturated carbocycles. The van der Waals surface area contributed by atoms with Gasteiger partial charge in [-0.3, -0.25) is 4.79 Å². The van der Waals surface area contributed by atoms with E-state index >= 15 is 0 Å². The van der Waals surface area contributed by atoms with E-state index in [1.54, 1.807) is 33.0 Å². The van der Waals surface area contributed by atoms with Crippen LogP contribution in [0.5, 0.6) is 0 Å². The van der Waals surface area contributed by atoms with Crippen molar-refractivity contribution >= 4 is 17.7 Å². The number of carbonyl (C=O) groups excluding carboxylic acids is 1. The van der Waals surface area contributed by atoms with Crippen molar-refractivity contribution in [2.45, 2.75) is 26.8 Å². The van der Waals surface area contributed by atoms with Crippen LogP contribution in [0.1, 0.15) is 30.2 Å². The molecule has 0 bridgehead atoms. The van der Waals surface area contributed by atoms with Gasteiger partial charge in [0.25, 0.3) is 11.7 Å². The molecular weight excluding hydrogens is 262 g/mol. The number of nitrogens with one attached hydrogen (secondary N) is 1. The Bertz CT molecular complexity index is 664. The first kappa shape index (κ1) is 13.9. The summed E-state index contributed by atoms with van der Waals surface area (Å²) >= 11 is 0. The van der Waals surface area contributed by atoms with E-state index in [0.29, 0.717) is 5.78 Å². The van der Waals surface area contributed by atoms with Crippen LogP contribution >= 0.6 is 0 Å². The Labute approximate surface area is 114 Å². The predicted octanol–water partition coefficient (Wildman–Crippen LogP) is 0.272. The van der Waals surface area contributed by atoms with Crippen LogP contribution in [0.4, 0.5) is 0 Å². The number of aliphatic carboxylic acids is 1. The van der Waals surface area contributed by atoms with E-state index < -0.39 is 17.9 Å². The van der Waals surface area contributed by atoms with Crippen molar-refractivity contribution in [1.29, 1.82) is 0 Å². The van der Waals surface area contributed by atoms with Gasteiger partial charge in [-0.1, -0.05) is 13.8 Å². The number of carboxylic acids is 1. The Hall–Kier alpha value is -2.51. The van der Waals surface area contributed by atoms with Gasteiger partial charge in [-0.2, -0.15) is 4.98 Å². The van der Waals surface area contributed by atoms with Crippen LogP contribution in [0.15, 0.2) is 12.3 Å². The summed E-state index contributed by atoms with van der Waals surface area (Å²) in [4.78, 5) is 31.0. The fraction of sp³-hybridized carbons (Fsp3) is 0.417. The molecule has 0 radical (unpaired) electrons. The summed E-state index contributed by atoms with van der Waals surface area (Å²) in [5, 5.41) is 15.5. The molecule has 8 heteroatoms. The van der Waals surface area contributed by atoms with E-state index in [1.165, 1.54) is 4.52 Å². The first-order valence-electron chi connectivity index (χ1n) is 6.12. The Morgan fingerprint density at radius 2 is 2.10 bits per heavy atom. The van der Waals surface area contributed by atoms with Crippen molar-refractivity contribution in [2.75, 3.05) is 0 Å². The molecule has 106 valence electrons. The smallest absolute Gasteiger partial charge is 0.326 e. The highest BCUT2D eigenvalue weighted by atomic mass is 16.4. The van der Waals surface area contributed by atoms with Gasteiger partial charge in [0.1, 0.15) is 6.04 Å².